The number of hydrogen-bond acceptors (Lipinski definition) is 5. The standard InChI is InChI=1S/C21H29N5O2/c1-3-17-11-18(28-24-17)12-23-21(22-2)26-14-19-20(15-26)27-10-9-25(19)13-16-7-5-4-6-8-16/h4-8,11,19-20H,3,9-10,12-15H2,1-2H3,(H,22,23). The zero-order chi connectivity index (χ0) is 19.3. The Morgan fingerprint density at radius 2 is 2.14 bits per heavy atom. The van der Waals surface area contributed by atoms with Crippen LogP contribution in [0.3, 0.4) is 0 Å². The summed E-state index contributed by atoms with van der Waals surface area (Å²) in [6, 6.07) is 13.0. The highest BCUT2D eigenvalue weighted by Crippen LogP contribution is 2.24. The minimum Gasteiger partial charge on any atom is -0.373 e. The second-order valence-corrected chi connectivity index (χ2v) is 7.38. The molecule has 0 aliphatic carbocycles. The van der Waals surface area contributed by atoms with Crippen molar-refractivity contribution in [2.24, 2.45) is 4.99 Å². The molecule has 1 aromatic heterocycles. The zero-order valence-corrected chi connectivity index (χ0v) is 16.7. The topological polar surface area (TPSA) is 66.1 Å². The molecular formula is C21H29N5O2. The molecule has 2 atom stereocenters. The van der Waals surface area contributed by atoms with Gasteiger partial charge in [-0.3, -0.25) is 9.89 Å². The highest BCUT2D eigenvalue weighted by Gasteiger charge is 2.41. The minimum atomic E-state index is 0.216. The molecule has 1 N–H and O–H groups in total. The SMILES string of the molecule is CCc1cc(CNC(=NC)N2CC3OCCN(Cc4ccccc4)C3C2)on1. The minimum absolute atomic E-state index is 0.216. The van der Waals surface area contributed by atoms with Crippen LogP contribution in [0.5, 0.6) is 0 Å². The van der Waals surface area contributed by atoms with Crippen molar-refractivity contribution in [2.45, 2.75) is 38.6 Å². The van der Waals surface area contributed by atoms with Gasteiger partial charge in [-0.25, -0.2) is 0 Å². The maximum Gasteiger partial charge on any atom is 0.194 e. The lowest BCUT2D eigenvalue weighted by Crippen LogP contribution is -2.50. The number of nitrogens with zero attached hydrogens (tertiary/aromatic N) is 4. The number of ether oxygens (including phenoxy) is 1. The first-order chi connectivity index (χ1) is 13.8. The van der Waals surface area contributed by atoms with Crippen LogP contribution in [0.25, 0.3) is 0 Å². The van der Waals surface area contributed by atoms with Gasteiger partial charge in [-0.15, -0.1) is 0 Å². The summed E-state index contributed by atoms with van der Waals surface area (Å²) in [7, 11) is 1.82. The molecule has 0 spiro atoms. The van der Waals surface area contributed by atoms with Crippen molar-refractivity contribution in [3.8, 4) is 0 Å². The summed E-state index contributed by atoms with van der Waals surface area (Å²) < 4.78 is 11.5. The Labute approximate surface area is 166 Å². The summed E-state index contributed by atoms with van der Waals surface area (Å²) in [5.41, 5.74) is 2.32. The van der Waals surface area contributed by atoms with Crippen LogP contribution in [-0.4, -0.2) is 66.4 Å². The molecule has 7 nitrogen and oxygen atoms in total. The highest BCUT2D eigenvalue weighted by atomic mass is 16.5. The number of morpholine rings is 1. The molecule has 4 rings (SSSR count). The number of guanidine groups is 1. The largest absolute Gasteiger partial charge is 0.373 e. The average Bonchev–Trinajstić information content (AvgIpc) is 3.37. The molecule has 150 valence electrons. The van der Waals surface area contributed by atoms with Gasteiger partial charge in [-0.05, 0) is 12.0 Å². The number of aryl methyl sites for hydroxylation is 1. The molecular weight excluding hydrogens is 354 g/mol. The van der Waals surface area contributed by atoms with Crippen LogP contribution >= 0.6 is 0 Å². The number of hydrogen-bond donors (Lipinski definition) is 1. The van der Waals surface area contributed by atoms with E-state index in [9.17, 15) is 0 Å². The van der Waals surface area contributed by atoms with Crippen LogP contribution in [0.2, 0.25) is 0 Å². The number of fused-ring (bicyclic) bond motifs is 1. The van der Waals surface area contributed by atoms with E-state index in [1.54, 1.807) is 0 Å². The lowest BCUT2D eigenvalue weighted by Gasteiger charge is -2.36. The van der Waals surface area contributed by atoms with Crippen LogP contribution in [0, 0.1) is 0 Å². The van der Waals surface area contributed by atoms with E-state index in [-0.39, 0.29) is 6.10 Å². The Morgan fingerprint density at radius 3 is 2.89 bits per heavy atom. The Hall–Kier alpha value is -2.38. The summed E-state index contributed by atoms with van der Waals surface area (Å²) in [4.78, 5) is 9.30. The average molecular weight is 383 g/mol. The Kier molecular flexibility index (Phi) is 5.92. The first-order valence-electron chi connectivity index (χ1n) is 10.1. The van der Waals surface area contributed by atoms with Crippen LogP contribution < -0.4 is 5.32 Å². The van der Waals surface area contributed by atoms with Crippen LogP contribution in [-0.2, 0) is 24.2 Å². The van der Waals surface area contributed by atoms with E-state index < -0.39 is 0 Å². The van der Waals surface area contributed by atoms with Gasteiger partial charge < -0.3 is 19.5 Å². The van der Waals surface area contributed by atoms with E-state index in [1.807, 2.05) is 13.1 Å². The summed E-state index contributed by atoms with van der Waals surface area (Å²) >= 11 is 0. The lowest BCUT2D eigenvalue weighted by molar-refractivity contribution is -0.0502. The molecule has 2 fully saturated rings. The van der Waals surface area contributed by atoms with Gasteiger partial charge in [0.2, 0.25) is 0 Å². The van der Waals surface area contributed by atoms with Crippen LogP contribution in [0.4, 0.5) is 0 Å². The van der Waals surface area contributed by atoms with Crippen LogP contribution in [0.15, 0.2) is 45.9 Å². The summed E-state index contributed by atoms with van der Waals surface area (Å²) in [6.45, 7) is 7.13. The molecule has 2 aliphatic rings. The molecule has 0 amide bonds. The first kappa shape index (κ1) is 19.0. The number of aromatic nitrogens is 1. The third-order valence-electron chi connectivity index (χ3n) is 5.55. The van der Waals surface area contributed by atoms with Gasteiger partial charge in [0.05, 0.1) is 31.0 Å². The maximum atomic E-state index is 6.08. The maximum absolute atomic E-state index is 6.08. The predicted octanol–water partition coefficient (Wildman–Crippen LogP) is 1.90. The third kappa shape index (κ3) is 4.20. The molecule has 2 aliphatic heterocycles. The number of likely N-dealkylation sites (tertiary alicyclic amines) is 1. The van der Waals surface area contributed by atoms with E-state index in [4.69, 9.17) is 9.26 Å². The summed E-state index contributed by atoms with van der Waals surface area (Å²) in [5.74, 6) is 1.71. The Bertz CT molecular complexity index is 791. The number of nitrogens with one attached hydrogen (secondary N) is 1. The second-order valence-electron chi connectivity index (χ2n) is 7.38. The summed E-state index contributed by atoms with van der Waals surface area (Å²) in [5, 5.41) is 7.46. The van der Waals surface area contributed by atoms with E-state index in [0.717, 1.165) is 56.6 Å². The molecule has 7 heteroatoms. The Morgan fingerprint density at radius 1 is 1.29 bits per heavy atom. The molecule has 2 saturated heterocycles. The van der Waals surface area contributed by atoms with E-state index in [2.05, 4.69) is 62.5 Å². The quantitative estimate of drug-likeness (QED) is 0.628. The predicted molar refractivity (Wildman–Crippen MR) is 108 cm³/mol. The molecule has 0 bridgehead atoms. The first-order valence-corrected chi connectivity index (χ1v) is 10.1. The van der Waals surface area contributed by atoms with Crippen molar-refractivity contribution in [1.82, 2.24) is 20.3 Å². The van der Waals surface area contributed by atoms with Crippen molar-refractivity contribution in [3.05, 3.63) is 53.4 Å². The molecule has 0 saturated carbocycles. The number of rotatable bonds is 5. The molecule has 2 unspecified atom stereocenters. The van der Waals surface area contributed by atoms with Gasteiger partial charge in [0.15, 0.2) is 11.7 Å². The fraction of sp³-hybridized carbons (Fsp3) is 0.524. The van der Waals surface area contributed by atoms with Crippen molar-refractivity contribution >= 4 is 5.96 Å². The van der Waals surface area contributed by atoms with Crippen molar-refractivity contribution < 1.29 is 9.26 Å². The number of benzene rings is 1. The highest BCUT2D eigenvalue weighted by molar-refractivity contribution is 5.80. The van der Waals surface area contributed by atoms with Gasteiger partial charge in [-0.2, -0.15) is 0 Å². The van der Waals surface area contributed by atoms with Crippen molar-refractivity contribution in [1.29, 1.82) is 0 Å². The zero-order valence-electron chi connectivity index (χ0n) is 16.7. The molecule has 2 aromatic rings. The summed E-state index contributed by atoms with van der Waals surface area (Å²) in [6.07, 6.45) is 1.09. The molecule has 3 heterocycles. The van der Waals surface area contributed by atoms with Crippen molar-refractivity contribution in [2.75, 3.05) is 33.3 Å². The van der Waals surface area contributed by atoms with E-state index >= 15 is 0 Å². The van der Waals surface area contributed by atoms with E-state index in [0.29, 0.717) is 12.6 Å². The smallest absolute Gasteiger partial charge is 0.194 e. The third-order valence-corrected chi connectivity index (χ3v) is 5.55. The van der Waals surface area contributed by atoms with Crippen LogP contribution in [0.1, 0.15) is 23.9 Å². The molecule has 28 heavy (non-hydrogen) atoms. The van der Waals surface area contributed by atoms with Gasteiger partial charge in [0.1, 0.15) is 0 Å². The molecule has 1 aromatic carbocycles. The van der Waals surface area contributed by atoms with Gasteiger partial charge >= 0.3 is 0 Å². The second kappa shape index (κ2) is 8.75. The Balaban J connectivity index is 1.37. The van der Waals surface area contributed by atoms with Gasteiger partial charge in [-0.1, -0.05) is 42.4 Å². The lowest BCUT2D eigenvalue weighted by atomic mass is 10.1. The fourth-order valence-corrected chi connectivity index (χ4v) is 4.05. The van der Waals surface area contributed by atoms with E-state index in [1.165, 1.54) is 5.56 Å². The van der Waals surface area contributed by atoms with Gasteiger partial charge in [0.25, 0.3) is 0 Å². The fourth-order valence-electron chi connectivity index (χ4n) is 4.05. The normalized spacial score (nSPS) is 23.1. The molecule has 0 radical (unpaired) electrons. The van der Waals surface area contributed by atoms with Crippen molar-refractivity contribution in [3.63, 3.8) is 0 Å². The monoisotopic (exact) mass is 383 g/mol. The van der Waals surface area contributed by atoms with Gasteiger partial charge in [0, 0.05) is 39.3 Å². The number of aliphatic imine (C=N–C) groups is 1.